The molecule has 1 heterocycles. The van der Waals surface area contributed by atoms with E-state index in [1.807, 2.05) is 18.7 Å². The number of amides is 1. The van der Waals surface area contributed by atoms with Crippen LogP contribution < -0.4 is 5.73 Å². The minimum absolute atomic E-state index is 0.00778. The predicted octanol–water partition coefficient (Wildman–Crippen LogP) is 1.48. The Bertz CT molecular complexity index is 372. The Labute approximate surface area is 128 Å². The smallest absolute Gasteiger partial charge is 0.236 e. The van der Waals surface area contributed by atoms with Gasteiger partial charge in [-0.05, 0) is 26.2 Å². The molecule has 1 saturated heterocycles. The Morgan fingerprint density at radius 2 is 1.76 bits per heavy atom. The molecule has 0 spiro atoms. The van der Waals surface area contributed by atoms with E-state index in [1.165, 1.54) is 0 Å². The van der Waals surface area contributed by atoms with Crippen LogP contribution >= 0.6 is 0 Å². The summed E-state index contributed by atoms with van der Waals surface area (Å²) in [4.78, 5) is 17.1. The molecule has 1 aliphatic heterocycles. The zero-order valence-corrected chi connectivity index (χ0v) is 13.8. The molecule has 1 amide bonds. The van der Waals surface area contributed by atoms with Crippen LogP contribution in [0.2, 0.25) is 0 Å². The fourth-order valence-corrected chi connectivity index (χ4v) is 3.05. The van der Waals surface area contributed by atoms with Gasteiger partial charge in [0.1, 0.15) is 5.41 Å². The van der Waals surface area contributed by atoms with E-state index in [9.17, 15) is 4.79 Å². The summed E-state index contributed by atoms with van der Waals surface area (Å²) in [5, 5.41) is 12.1. The van der Waals surface area contributed by atoms with Gasteiger partial charge in [0, 0.05) is 32.2 Å². The molecule has 6 nitrogen and oxygen atoms in total. The van der Waals surface area contributed by atoms with Crippen LogP contribution in [0.5, 0.6) is 0 Å². The monoisotopic (exact) mass is 298 g/mol. The van der Waals surface area contributed by atoms with Gasteiger partial charge in [-0.25, -0.2) is 0 Å². The van der Waals surface area contributed by atoms with Crippen molar-refractivity contribution in [2.24, 2.45) is 16.3 Å². The van der Waals surface area contributed by atoms with Crippen LogP contribution in [0.25, 0.3) is 0 Å². The molecule has 21 heavy (non-hydrogen) atoms. The summed E-state index contributed by atoms with van der Waals surface area (Å²) in [7, 11) is 0. The summed E-state index contributed by atoms with van der Waals surface area (Å²) in [6, 6.07) is 0.549. The van der Waals surface area contributed by atoms with Gasteiger partial charge in [0.2, 0.25) is 5.91 Å². The van der Waals surface area contributed by atoms with Crippen LogP contribution in [0, 0.1) is 5.41 Å². The molecule has 0 aliphatic carbocycles. The first-order valence-corrected chi connectivity index (χ1v) is 7.98. The number of nitrogens with zero attached hydrogens (tertiary/aromatic N) is 3. The molecular formula is C15H30N4O2. The summed E-state index contributed by atoms with van der Waals surface area (Å²) in [6.45, 7) is 11.4. The molecule has 1 aliphatic rings. The van der Waals surface area contributed by atoms with Gasteiger partial charge < -0.3 is 15.8 Å². The first-order valence-electron chi connectivity index (χ1n) is 7.98. The van der Waals surface area contributed by atoms with Crippen LogP contribution in [0.1, 0.15) is 47.0 Å². The van der Waals surface area contributed by atoms with E-state index in [1.54, 1.807) is 0 Å². The second-order valence-electron chi connectivity index (χ2n) is 5.86. The molecule has 1 atom stereocenters. The van der Waals surface area contributed by atoms with E-state index in [0.29, 0.717) is 32.0 Å². The lowest BCUT2D eigenvalue weighted by molar-refractivity contribution is -0.141. The SMILES string of the molecule is CCC(C)N1CCN(C(=O)C(CC)(CC)C(N)=NO)CC1. The number of piperazine rings is 1. The molecule has 122 valence electrons. The van der Waals surface area contributed by atoms with Crippen molar-refractivity contribution in [1.82, 2.24) is 9.80 Å². The number of oxime groups is 1. The van der Waals surface area contributed by atoms with Gasteiger partial charge in [-0.1, -0.05) is 25.9 Å². The number of hydrogen-bond acceptors (Lipinski definition) is 4. The number of carbonyl (C=O) groups excluding carboxylic acids is 1. The minimum atomic E-state index is -0.868. The summed E-state index contributed by atoms with van der Waals surface area (Å²) in [5.74, 6) is 0.0217. The second-order valence-corrected chi connectivity index (χ2v) is 5.86. The van der Waals surface area contributed by atoms with Crippen molar-refractivity contribution in [3.8, 4) is 0 Å². The topological polar surface area (TPSA) is 82.2 Å². The Balaban J connectivity index is 2.80. The number of rotatable bonds is 6. The molecule has 3 N–H and O–H groups in total. The van der Waals surface area contributed by atoms with Gasteiger partial charge in [0.05, 0.1) is 0 Å². The number of hydrogen-bond donors (Lipinski definition) is 2. The molecule has 1 fully saturated rings. The average molecular weight is 298 g/mol. The molecule has 0 radical (unpaired) electrons. The third kappa shape index (κ3) is 3.48. The first kappa shape index (κ1) is 17.8. The summed E-state index contributed by atoms with van der Waals surface area (Å²) < 4.78 is 0. The largest absolute Gasteiger partial charge is 0.409 e. The van der Waals surface area contributed by atoms with E-state index in [4.69, 9.17) is 10.9 Å². The van der Waals surface area contributed by atoms with Gasteiger partial charge in [-0.2, -0.15) is 0 Å². The highest BCUT2D eigenvalue weighted by Crippen LogP contribution is 2.30. The molecule has 0 aromatic carbocycles. The van der Waals surface area contributed by atoms with E-state index >= 15 is 0 Å². The fourth-order valence-electron chi connectivity index (χ4n) is 3.05. The number of nitrogens with two attached hydrogens (primary N) is 1. The highest BCUT2D eigenvalue weighted by molar-refractivity contribution is 6.06. The van der Waals surface area contributed by atoms with Gasteiger partial charge in [0.25, 0.3) is 0 Å². The highest BCUT2D eigenvalue weighted by Gasteiger charge is 2.43. The molecule has 1 unspecified atom stereocenters. The average Bonchev–Trinajstić information content (AvgIpc) is 2.55. The van der Waals surface area contributed by atoms with Gasteiger partial charge in [-0.15, -0.1) is 0 Å². The van der Waals surface area contributed by atoms with E-state index < -0.39 is 5.41 Å². The maximum Gasteiger partial charge on any atom is 0.236 e. The van der Waals surface area contributed by atoms with Crippen molar-refractivity contribution in [3.63, 3.8) is 0 Å². The molecule has 0 saturated carbocycles. The third-order valence-electron chi connectivity index (χ3n) is 5.03. The zero-order valence-electron chi connectivity index (χ0n) is 13.8. The van der Waals surface area contributed by atoms with Crippen molar-refractivity contribution in [3.05, 3.63) is 0 Å². The van der Waals surface area contributed by atoms with Crippen LogP contribution in [0.3, 0.4) is 0 Å². The van der Waals surface area contributed by atoms with Crippen LogP contribution in [-0.2, 0) is 4.79 Å². The van der Waals surface area contributed by atoms with E-state index in [0.717, 1.165) is 19.5 Å². The lowest BCUT2D eigenvalue weighted by atomic mass is 9.79. The van der Waals surface area contributed by atoms with Gasteiger partial charge in [-0.3, -0.25) is 9.69 Å². The Morgan fingerprint density at radius 3 is 2.14 bits per heavy atom. The summed E-state index contributed by atoms with van der Waals surface area (Å²) in [6.07, 6.45) is 2.21. The number of amidine groups is 1. The van der Waals surface area contributed by atoms with Crippen molar-refractivity contribution in [2.45, 2.75) is 53.0 Å². The van der Waals surface area contributed by atoms with Crippen molar-refractivity contribution < 1.29 is 10.0 Å². The van der Waals surface area contributed by atoms with Crippen molar-refractivity contribution >= 4 is 11.7 Å². The first-order chi connectivity index (χ1) is 9.96. The normalized spacial score (nSPS) is 19.6. The maximum atomic E-state index is 12.9. The third-order valence-corrected chi connectivity index (χ3v) is 5.03. The van der Waals surface area contributed by atoms with Crippen LogP contribution in [0.4, 0.5) is 0 Å². The molecule has 0 aromatic heterocycles. The Morgan fingerprint density at radius 1 is 1.24 bits per heavy atom. The highest BCUT2D eigenvalue weighted by atomic mass is 16.4. The maximum absolute atomic E-state index is 12.9. The lowest BCUT2D eigenvalue weighted by Gasteiger charge is -2.41. The van der Waals surface area contributed by atoms with Crippen LogP contribution in [-0.4, -0.2) is 59.0 Å². The molecule has 6 heteroatoms. The molecular weight excluding hydrogens is 268 g/mol. The lowest BCUT2D eigenvalue weighted by Crippen LogP contribution is -2.57. The van der Waals surface area contributed by atoms with Gasteiger partial charge >= 0.3 is 0 Å². The van der Waals surface area contributed by atoms with E-state index in [2.05, 4.69) is 23.9 Å². The molecule has 1 rings (SSSR count). The van der Waals surface area contributed by atoms with Crippen molar-refractivity contribution in [2.75, 3.05) is 26.2 Å². The van der Waals surface area contributed by atoms with Crippen molar-refractivity contribution in [1.29, 1.82) is 0 Å². The Hall–Kier alpha value is -1.30. The summed E-state index contributed by atoms with van der Waals surface area (Å²) in [5.41, 5.74) is 4.95. The standard InChI is InChI=1S/C15H30N4O2/c1-5-12(4)18-8-10-19(11-9-18)14(20)15(6-2,7-3)13(16)17-21/h12,21H,5-11H2,1-4H3,(H2,16,17). The van der Waals surface area contributed by atoms with Gasteiger partial charge in [0.15, 0.2) is 5.84 Å². The zero-order chi connectivity index (χ0) is 16.0. The second kappa shape index (κ2) is 7.64. The number of carbonyl (C=O) groups is 1. The van der Waals surface area contributed by atoms with Crippen LogP contribution in [0.15, 0.2) is 5.16 Å². The summed E-state index contributed by atoms with van der Waals surface area (Å²) >= 11 is 0. The minimum Gasteiger partial charge on any atom is -0.409 e. The van der Waals surface area contributed by atoms with E-state index in [-0.39, 0.29) is 11.7 Å². The molecule has 0 aromatic rings. The predicted molar refractivity (Wildman–Crippen MR) is 84.3 cm³/mol. The molecule has 0 bridgehead atoms. The quantitative estimate of drug-likeness (QED) is 0.337. The fraction of sp³-hybridized carbons (Fsp3) is 0.867. The Kier molecular flexibility index (Phi) is 6.45.